The van der Waals surface area contributed by atoms with Crippen LogP contribution >= 0.6 is 0 Å². The number of hydrogen-bond donors (Lipinski definition) is 1. The highest BCUT2D eigenvalue weighted by atomic mass is 16.5. The lowest BCUT2D eigenvalue weighted by molar-refractivity contribution is 0.0951. The van der Waals surface area contributed by atoms with Gasteiger partial charge in [-0.1, -0.05) is 42.0 Å². The Kier molecular flexibility index (Phi) is 6.36. The predicted octanol–water partition coefficient (Wildman–Crippen LogP) is 5.78. The summed E-state index contributed by atoms with van der Waals surface area (Å²) < 4.78 is 11.7. The molecule has 1 amide bonds. The maximum atomic E-state index is 12.5. The topological polar surface area (TPSA) is 64.4 Å². The van der Waals surface area contributed by atoms with Crippen LogP contribution in [0.25, 0.3) is 11.5 Å². The molecule has 0 aliphatic carbocycles. The zero-order chi connectivity index (χ0) is 22.5. The molecule has 0 aliphatic rings. The fourth-order valence-electron chi connectivity index (χ4n) is 3.32. The monoisotopic (exact) mass is 426 g/mol. The van der Waals surface area contributed by atoms with E-state index in [1.807, 2.05) is 81.4 Å². The zero-order valence-electron chi connectivity index (χ0n) is 18.5. The van der Waals surface area contributed by atoms with Gasteiger partial charge in [-0.25, -0.2) is 4.98 Å². The molecule has 0 fully saturated rings. The molecule has 0 saturated heterocycles. The number of carbonyl (C=O) groups is 1. The Bertz CT molecular complexity index is 1210. The van der Waals surface area contributed by atoms with Crippen LogP contribution in [-0.4, -0.2) is 10.9 Å². The van der Waals surface area contributed by atoms with Gasteiger partial charge in [0.05, 0.1) is 0 Å². The maximum absolute atomic E-state index is 12.5. The first-order chi connectivity index (χ1) is 15.5. The van der Waals surface area contributed by atoms with Gasteiger partial charge < -0.3 is 14.5 Å². The third kappa shape index (κ3) is 5.06. The number of aromatic nitrogens is 1. The number of rotatable bonds is 7. The van der Waals surface area contributed by atoms with Crippen molar-refractivity contribution in [1.82, 2.24) is 10.3 Å². The third-order valence-electron chi connectivity index (χ3n) is 5.38. The lowest BCUT2D eigenvalue weighted by Crippen LogP contribution is -2.23. The van der Waals surface area contributed by atoms with Crippen molar-refractivity contribution in [3.8, 4) is 17.2 Å². The standard InChI is InChI=1S/C27H26N2O3/c1-18-8-14-24(15-9-18)31-17-25-20(3)32-27(29-25)22-12-10-21(11-13-22)26(30)28-16-23-7-5-4-6-19(23)2/h4-15H,16-17H2,1-3H3,(H,28,30). The molecular weight excluding hydrogens is 400 g/mol. The van der Waals surface area contributed by atoms with Crippen LogP contribution in [0.2, 0.25) is 0 Å². The van der Waals surface area contributed by atoms with Crippen LogP contribution in [0.15, 0.2) is 77.2 Å². The Morgan fingerprint density at radius 1 is 0.938 bits per heavy atom. The van der Waals surface area contributed by atoms with Crippen molar-refractivity contribution in [2.45, 2.75) is 33.9 Å². The second kappa shape index (κ2) is 9.52. The molecule has 1 N–H and O–H groups in total. The highest BCUT2D eigenvalue weighted by Crippen LogP contribution is 2.23. The van der Waals surface area contributed by atoms with Crippen molar-refractivity contribution in [2.24, 2.45) is 0 Å². The molecule has 0 bridgehead atoms. The Labute approximate surface area is 188 Å². The number of carbonyl (C=O) groups excluding carboxylic acids is 1. The maximum Gasteiger partial charge on any atom is 0.251 e. The number of amides is 1. The molecule has 162 valence electrons. The molecular formula is C27H26N2O3. The summed E-state index contributed by atoms with van der Waals surface area (Å²) in [4.78, 5) is 17.1. The lowest BCUT2D eigenvalue weighted by Gasteiger charge is -2.08. The Morgan fingerprint density at radius 2 is 1.66 bits per heavy atom. The van der Waals surface area contributed by atoms with Gasteiger partial charge in [0.1, 0.15) is 23.8 Å². The minimum absolute atomic E-state index is 0.115. The van der Waals surface area contributed by atoms with E-state index in [9.17, 15) is 4.79 Å². The van der Waals surface area contributed by atoms with Crippen LogP contribution in [0.5, 0.6) is 5.75 Å². The first-order valence-corrected chi connectivity index (χ1v) is 10.6. The first kappa shape index (κ1) is 21.4. The zero-order valence-corrected chi connectivity index (χ0v) is 18.5. The van der Waals surface area contributed by atoms with Gasteiger partial charge in [0.2, 0.25) is 5.89 Å². The fraction of sp³-hybridized carbons (Fsp3) is 0.185. The van der Waals surface area contributed by atoms with Gasteiger partial charge in [0.25, 0.3) is 5.91 Å². The van der Waals surface area contributed by atoms with E-state index in [-0.39, 0.29) is 5.91 Å². The lowest BCUT2D eigenvalue weighted by atomic mass is 10.1. The molecule has 4 aromatic rings. The molecule has 1 aromatic heterocycles. The Hall–Kier alpha value is -3.86. The number of benzene rings is 3. The molecule has 0 saturated carbocycles. The first-order valence-electron chi connectivity index (χ1n) is 10.6. The van der Waals surface area contributed by atoms with Gasteiger partial charge in [-0.2, -0.15) is 0 Å². The summed E-state index contributed by atoms with van der Waals surface area (Å²) in [6.07, 6.45) is 0. The summed E-state index contributed by atoms with van der Waals surface area (Å²) >= 11 is 0. The van der Waals surface area contributed by atoms with Crippen LogP contribution in [0.1, 0.15) is 38.5 Å². The molecule has 3 aromatic carbocycles. The molecule has 0 spiro atoms. The summed E-state index contributed by atoms with van der Waals surface area (Å²) in [6, 6.07) is 23.2. The van der Waals surface area contributed by atoms with Crippen molar-refractivity contribution in [2.75, 3.05) is 0 Å². The average molecular weight is 427 g/mol. The Morgan fingerprint density at radius 3 is 2.38 bits per heavy atom. The highest BCUT2D eigenvalue weighted by Gasteiger charge is 2.13. The molecule has 0 atom stereocenters. The highest BCUT2D eigenvalue weighted by molar-refractivity contribution is 5.94. The number of hydrogen-bond acceptors (Lipinski definition) is 4. The molecule has 0 aliphatic heterocycles. The van der Waals surface area contributed by atoms with E-state index in [1.54, 1.807) is 12.1 Å². The van der Waals surface area contributed by atoms with Crippen LogP contribution in [-0.2, 0) is 13.2 Å². The van der Waals surface area contributed by atoms with E-state index < -0.39 is 0 Å². The summed E-state index contributed by atoms with van der Waals surface area (Å²) in [6.45, 7) is 6.78. The number of oxazole rings is 1. The van der Waals surface area contributed by atoms with Crippen molar-refractivity contribution < 1.29 is 13.9 Å². The van der Waals surface area contributed by atoms with E-state index in [2.05, 4.69) is 10.3 Å². The van der Waals surface area contributed by atoms with Crippen molar-refractivity contribution in [3.05, 3.63) is 107 Å². The van der Waals surface area contributed by atoms with Crippen LogP contribution in [0.4, 0.5) is 0 Å². The Balaban J connectivity index is 1.39. The van der Waals surface area contributed by atoms with Gasteiger partial charge in [0, 0.05) is 17.7 Å². The third-order valence-corrected chi connectivity index (χ3v) is 5.38. The van der Waals surface area contributed by atoms with Gasteiger partial charge >= 0.3 is 0 Å². The summed E-state index contributed by atoms with van der Waals surface area (Å²) in [7, 11) is 0. The molecule has 5 heteroatoms. The van der Waals surface area contributed by atoms with E-state index in [1.165, 1.54) is 5.56 Å². The van der Waals surface area contributed by atoms with E-state index in [0.29, 0.717) is 30.4 Å². The number of nitrogens with zero attached hydrogens (tertiary/aromatic N) is 1. The fourth-order valence-corrected chi connectivity index (χ4v) is 3.32. The van der Waals surface area contributed by atoms with Gasteiger partial charge in [-0.05, 0) is 68.3 Å². The molecule has 32 heavy (non-hydrogen) atoms. The van der Waals surface area contributed by atoms with Crippen molar-refractivity contribution >= 4 is 5.91 Å². The van der Waals surface area contributed by atoms with Crippen molar-refractivity contribution in [3.63, 3.8) is 0 Å². The minimum Gasteiger partial charge on any atom is -0.487 e. The molecule has 5 nitrogen and oxygen atoms in total. The van der Waals surface area contributed by atoms with Crippen molar-refractivity contribution in [1.29, 1.82) is 0 Å². The quantitative estimate of drug-likeness (QED) is 0.407. The average Bonchev–Trinajstić information content (AvgIpc) is 3.18. The van der Waals surface area contributed by atoms with Crippen LogP contribution in [0, 0.1) is 20.8 Å². The SMILES string of the molecule is Cc1ccc(OCc2nc(-c3ccc(C(=O)NCc4ccccc4C)cc3)oc2C)cc1. The number of nitrogens with one attached hydrogen (secondary N) is 1. The van der Waals surface area contributed by atoms with Crippen LogP contribution < -0.4 is 10.1 Å². The van der Waals surface area contributed by atoms with E-state index in [0.717, 1.165) is 28.1 Å². The smallest absolute Gasteiger partial charge is 0.251 e. The second-order valence-electron chi connectivity index (χ2n) is 7.81. The largest absolute Gasteiger partial charge is 0.487 e. The van der Waals surface area contributed by atoms with Gasteiger partial charge in [0.15, 0.2) is 0 Å². The van der Waals surface area contributed by atoms with Gasteiger partial charge in [-0.15, -0.1) is 0 Å². The summed E-state index contributed by atoms with van der Waals surface area (Å²) in [5.74, 6) is 1.90. The normalized spacial score (nSPS) is 10.7. The second-order valence-corrected chi connectivity index (χ2v) is 7.81. The van der Waals surface area contributed by atoms with E-state index >= 15 is 0 Å². The van der Waals surface area contributed by atoms with Crippen LogP contribution in [0.3, 0.4) is 0 Å². The molecule has 0 unspecified atom stereocenters. The molecule has 1 heterocycles. The molecule has 4 rings (SSSR count). The number of ether oxygens (including phenoxy) is 1. The summed E-state index contributed by atoms with van der Waals surface area (Å²) in [5, 5.41) is 2.97. The van der Waals surface area contributed by atoms with Gasteiger partial charge in [-0.3, -0.25) is 4.79 Å². The van der Waals surface area contributed by atoms with E-state index in [4.69, 9.17) is 9.15 Å². The molecule has 0 radical (unpaired) electrons. The summed E-state index contributed by atoms with van der Waals surface area (Å²) in [5.41, 5.74) is 5.60. The predicted molar refractivity (Wildman–Crippen MR) is 125 cm³/mol. The minimum atomic E-state index is -0.115. The number of aryl methyl sites for hydroxylation is 3.